The fourth-order valence-corrected chi connectivity index (χ4v) is 2.42. The van der Waals surface area contributed by atoms with Crippen molar-refractivity contribution < 1.29 is 9.59 Å². The van der Waals surface area contributed by atoms with Crippen LogP contribution in [0.25, 0.3) is 0 Å². The van der Waals surface area contributed by atoms with Gasteiger partial charge in [0.1, 0.15) is 0 Å². The van der Waals surface area contributed by atoms with Gasteiger partial charge in [0, 0.05) is 18.4 Å². The van der Waals surface area contributed by atoms with Crippen LogP contribution >= 0.6 is 0 Å². The SMILES string of the molecule is Cc1ccc(C(=O)CCC(=O)N[C@@H](C)c2ccccc2)cc1C. The van der Waals surface area contributed by atoms with Crippen LogP contribution in [0.3, 0.4) is 0 Å². The van der Waals surface area contributed by atoms with E-state index in [0.29, 0.717) is 5.56 Å². The molecule has 23 heavy (non-hydrogen) atoms. The smallest absolute Gasteiger partial charge is 0.220 e. The average molecular weight is 309 g/mol. The van der Waals surface area contributed by atoms with Gasteiger partial charge < -0.3 is 5.32 Å². The summed E-state index contributed by atoms with van der Waals surface area (Å²) in [5.41, 5.74) is 3.99. The van der Waals surface area contributed by atoms with Gasteiger partial charge in [-0.3, -0.25) is 9.59 Å². The summed E-state index contributed by atoms with van der Waals surface area (Å²) in [7, 11) is 0. The van der Waals surface area contributed by atoms with Gasteiger partial charge in [-0.05, 0) is 43.5 Å². The molecule has 1 atom stereocenters. The van der Waals surface area contributed by atoms with Crippen molar-refractivity contribution in [3.8, 4) is 0 Å². The molecule has 0 heterocycles. The van der Waals surface area contributed by atoms with E-state index in [1.807, 2.05) is 69.3 Å². The predicted molar refractivity (Wildman–Crippen MR) is 92.5 cm³/mol. The van der Waals surface area contributed by atoms with E-state index in [4.69, 9.17) is 0 Å². The molecule has 0 aliphatic carbocycles. The molecule has 0 unspecified atom stereocenters. The number of aryl methyl sites for hydroxylation is 2. The third-order valence-corrected chi connectivity index (χ3v) is 4.09. The number of carbonyl (C=O) groups excluding carboxylic acids is 2. The van der Waals surface area contributed by atoms with Gasteiger partial charge in [-0.25, -0.2) is 0 Å². The van der Waals surface area contributed by atoms with Crippen molar-refractivity contribution in [1.29, 1.82) is 0 Å². The second-order valence-corrected chi connectivity index (χ2v) is 5.92. The zero-order chi connectivity index (χ0) is 16.8. The molecule has 2 aromatic rings. The summed E-state index contributed by atoms with van der Waals surface area (Å²) in [4.78, 5) is 24.2. The molecule has 3 nitrogen and oxygen atoms in total. The van der Waals surface area contributed by atoms with Crippen LogP contribution in [0.1, 0.15) is 52.9 Å². The molecule has 2 rings (SSSR count). The molecule has 1 N–H and O–H groups in total. The Balaban J connectivity index is 1.86. The number of amides is 1. The zero-order valence-corrected chi connectivity index (χ0v) is 13.9. The lowest BCUT2D eigenvalue weighted by molar-refractivity contribution is -0.121. The molecule has 120 valence electrons. The van der Waals surface area contributed by atoms with E-state index < -0.39 is 0 Å². The van der Waals surface area contributed by atoms with Gasteiger partial charge in [-0.15, -0.1) is 0 Å². The monoisotopic (exact) mass is 309 g/mol. The third-order valence-electron chi connectivity index (χ3n) is 4.09. The lowest BCUT2D eigenvalue weighted by Crippen LogP contribution is -2.26. The van der Waals surface area contributed by atoms with Crippen molar-refractivity contribution in [1.82, 2.24) is 5.32 Å². The molecule has 0 radical (unpaired) electrons. The first kappa shape index (κ1) is 16.9. The minimum Gasteiger partial charge on any atom is -0.350 e. The molecule has 1 amide bonds. The summed E-state index contributed by atoms with van der Waals surface area (Å²) in [5.74, 6) is -0.0887. The number of carbonyl (C=O) groups is 2. The Bertz CT molecular complexity index is 692. The molecule has 0 aromatic heterocycles. The largest absolute Gasteiger partial charge is 0.350 e. The lowest BCUT2D eigenvalue weighted by Gasteiger charge is -2.14. The Labute approximate surface area is 137 Å². The van der Waals surface area contributed by atoms with Crippen molar-refractivity contribution in [2.75, 3.05) is 0 Å². The average Bonchev–Trinajstić information content (AvgIpc) is 2.56. The van der Waals surface area contributed by atoms with Crippen LogP contribution in [0.5, 0.6) is 0 Å². The Kier molecular flexibility index (Phi) is 5.69. The normalized spacial score (nSPS) is 11.8. The van der Waals surface area contributed by atoms with E-state index in [9.17, 15) is 9.59 Å². The second kappa shape index (κ2) is 7.73. The molecular formula is C20H23NO2. The van der Waals surface area contributed by atoms with Crippen LogP contribution in [-0.4, -0.2) is 11.7 Å². The molecule has 0 saturated heterocycles. The first-order chi connectivity index (χ1) is 11.0. The first-order valence-corrected chi connectivity index (χ1v) is 7.92. The summed E-state index contributed by atoms with van der Waals surface area (Å²) in [6.07, 6.45) is 0.443. The predicted octanol–water partition coefficient (Wildman–Crippen LogP) is 4.14. The third kappa shape index (κ3) is 4.78. The molecule has 0 spiro atoms. The highest BCUT2D eigenvalue weighted by Gasteiger charge is 2.12. The molecule has 0 saturated carbocycles. The van der Waals surface area contributed by atoms with E-state index in [0.717, 1.165) is 16.7 Å². The van der Waals surface area contributed by atoms with Crippen molar-refractivity contribution in [2.24, 2.45) is 0 Å². The topological polar surface area (TPSA) is 46.2 Å². The van der Waals surface area contributed by atoms with Gasteiger partial charge in [-0.1, -0.05) is 42.5 Å². The van der Waals surface area contributed by atoms with E-state index in [1.54, 1.807) is 0 Å². The second-order valence-electron chi connectivity index (χ2n) is 5.92. The lowest BCUT2D eigenvalue weighted by atomic mass is 10.0. The fourth-order valence-electron chi connectivity index (χ4n) is 2.42. The maximum absolute atomic E-state index is 12.2. The molecule has 0 fully saturated rings. The van der Waals surface area contributed by atoms with Crippen molar-refractivity contribution in [3.05, 3.63) is 70.8 Å². The molecule has 2 aromatic carbocycles. The molecule has 0 bridgehead atoms. The summed E-state index contributed by atoms with van der Waals surface area (Å²) >= 11 is 0. The highest BCUT2D eigenvalue weighted by Crippen LogP contribution is 2.14. The Morgan fingerprint density at radius 3 is 2.30 bits per heavy atom. The minimum atomic E-state index is -0.0986. The minimum absolute atomic E-state index is 0.00983. The van der Waals surface area contributed by atoms with Crippen molar-refractivity contribution in [3.63, 3.8) is 0 Å². The van der Waals surface area contributed by atoms with Gasteiger partial charge in [0.15, 0.2) is 5.78 Å². The van der Waals surface area contributed by atoms with Crippen LogP contribution < -0.4 is 5.32 Å². The first-order valence-electron chi connectivity index (χ1n) is 7.92. The van der Waals surface area contributed by atoms with Gasteiger partial charge in [0.05, 0.1) is 6.04 Å². The van der Waals surface area contributed by atoms with Crippen LogP contribution in [-0.2, 0) is 4.79 Å². The number of ketones is 1. The highest BCUT2D eigenvalue weighted by atomic mass is 16.2. The molecular weight excluding hydrogens is 286 g/mol. The standard InChI is InChI=1S/C20H23NO2/c1-14-9-10-18(13-15(14)2)19(22)11-12-20(23)21-16(3)17-7-5-4-6-8-17/h4-10,13,16H,11-12H2,1-3H3,(H,21,23)/t16-/m0/s1. The van der Waals surface area contributed by atoms with Gasteiger partial charge >= 0.3 is 0 Å². The van der Waals surface area contributed by atoms with E-state index in [2.05, 4.69) is 5.32 Å². The number of rotatable bonds is 6. The number of hydrogen-bond acceptors (Lipinski definition) is 2. The maximum Gasteiger partial charge on any atom is 0.220 e. The highest BCUT2D eigenvalue weighted by molar-refractivity contribution is 5.98. The van der Waals surface area contributed by atoms with E-state index >= 15 is 0 Å². The Morgan fingerprint density at radius 2 is 1.65 bits per heavy atom. The number of benzene rings is 2. The molecule has 3 heteroatoms. The number of nitrogens with one attached hydrogen (secondary N) is 1. The van der Waals surface area contributed by atoms with E-state index in [-0.39, 0.29) is 30.6 Å². The summed E-state index contributed by atoms with van der Waals surface area (Å²) in [6.45, 7) is 5.95. The summed E-state index contributed by atoms with van der Waals surface area (Å²) in [5, 5.41) is 2.93. The molecule has 0 aliphatic heterocycles. The number of hydrogen-bond donors (Lipinski definition) is 1. The summed E-state index contributed by atoms with van der Waals surface area (Å²) in [6, 6.07) is 15.4. The van der Waals surface area contributed by atoms with Gasteiger partial charge in [-0.2, -0.15) is 0 Å². The Morgan fingerprint density at radius 1 is 0.957 bits per heavy atom. The van der Waals surface area contributed by atoms with Gasteiger partial charge in [0.25, 0.3) is 0 Å². The molecule has 0 aliphatic rings. The van der Waals surface area contributed by atoms with Crippen LogP contribution in [0, 0.1) is 13.8 Å². The quantitative estimate of drug-likeness (QED) is 0.815. The van der Waals surface area contributed by atoms with Crippen molar-refractivity contribution >= 4 is 11.7 Å². The maximum atomic E-state index is 12.2. The van der Waals surface area contributed by atoms with Crippen LogP contribution in [0.15, 0.2) is 48.5 Å². The van der Waals surface area contributed by atoms with Crippen molar-refractivity contribution in [2.45, 2.75) is 39.7 Å². The fraction of sp³-hybridized carbons (Fsp3) is 0.300. The van der Waals surface area contributed by atoms with E-state index in [1.165, 1.54) is 0 Å². The van der Waals surface area contributed by atoms with Gasteiger partial charge in [0.2, 0.25) is 5.91 Å². The summed E-state index contributed by atoms with van der Waals surface area (Å²) < 4.78 is 0. The Hall–Kier alpha value is -2.42. The van der Waals surface area contributed by atoms with Crippen LogP contribution in [0.2, 0.25) is 0 Å². The zero-order valence-electron chi connectivity index (χ0n) is 13.9. The van der Waals surface area contributed by atoms with Crippen LogP contribution in [0.4, 0.5) is 0 Å². The number of Topliss-reactive ketones (excluding diaryl/α,β-unsaturated/α-hetero) is 1.